The molecule has 0 atom stereocenters. The minimum atomic E-state index is 0.565. The highest BCUT2D eigenvalue weighted by molar-refractivity contribution is 5.31. The van der Waals surface area contributed by atoms with Gasteiger partial charge in [-0.25, -0.2) is 9.97 Å². The first-order valence-electron chi connectivity index (χ1n) is 5.13. The summed E-state index contributed by atoms with van der Waals surface area (Å²) in [6.45, 7) is 0.697. The average Bonchev–Trinajstić information content (AvgIpc) is 2.97. The van der Waals surface area contributed by atoms with Gasteiger partial charge in [0.15, 0.2) is 0 Å². The fourth-order valence-corrected chi connectivity index (χ4v) is 1.48. The van der Waals surface area contributed by atoms with E-state index in [1.165, 1.54) is 12.8 Å². The first-order valence-corrected chi connectivity index (χ1v) is 5.13. The van der Waals surface area contributed by atoms with E-state index >= 15 is 0 Å². The molecule has 1 fully saturated rings. The molecule has 2 rings (SSSR count). The highest BCUT2D eigenvalue weighted by Gasteiger charge is 2.26. The van der Waals surface area contributed by atoms with E-state index in [4.69, 9.17) is 11.5 Å². The Kier molecular flexibility index (Phi) is 2.63. The standard InChI is InChI=1S/C10H16N4/c11-5-1-2-8-6-9(12)14-10(13-8)7-3-4-7/h6-7H,1-5,11H2,(H2,12,13,14). The van der Waals surface area contributed by atoms with E-state index in [9.17, 15) is 0 Å². The molecule has 0 bridgehead atoms. The van der Waals surface area contributed by atoms with Gasteiger partial charge in [0.1, 0.15) is 11.6 Å². The summed E-state index contributed by atoms with van der Waals surface area (Å²) in [5, 5.41) is 0. The topological polar surface area (TPSA) is 77.8 Å². The average molecular weight is 192 g/mol. The van der Waals surface area contributed by atoms with Gasteiger partial charge in [0.05, 0.1) is 0 Å². The van der Waals surface area contributed by atoms with Gasteiger partial charge in [-0.05, 0) is 32.2 Å². The van der Waals surface area contributed by atoms with Gasteiger partial charge < -0.3 is 11.5 Å². The van der Waals surface area contributed by atoms with Crippen molar-refractivity contribution in [1.82, 2.24) is 9.97 Å². The van der Waals surface area contributed by atoms with Gasteiger partial charge >= 0.3 is 0 Å². The first-order chi connectivity index (χ1) is 6.79. The molecule has 4 nitrogen and oxygen atoms in total. The number of nitrogens with zero attached hydrogens (tertiary/aromatic N) is 2. The van der Waals surface area contributed by atoms with Crippen LogP contribution in [-0.4, -0.2) is 16.5 Å². The largest absolute Gasteiger partial charge is 0.384 e. The quantitative estimate of drug-likeness (QED) is 0.740. The lowest BCUT2D eigenvalue weighted by atomic mass is 10.2. The van der Waals surface area contributed by atoms with Crippen LogP contribution in [0.15, 0.2) is 6.07 Å². The molecule has 1 aromatic rings. The van der Waals surface area contributed by atoms with E-state index in [1.807, 2.05) is 6.07 Å². The van der Waals surface area contributed by atoms with E-state index in [1.54, 1.807) is 0 Å². The van der Waals surface area contributed by atoms with Crippen LogP contribution in [0.2, 0.25) is 0 Å². The zero-order valence-electron chi connectivity index (χ0n) is 8.24. The van der Waals surface area contributed by atoms with E-state index in [0.29, 0.717) is 18.3 Å². The van der Waals surface area contributed by atoms with Crippen molar-refractivity contribution < 1.29 is 0 Å². The van der Waals surface area contributed by atoms with Gasteiger partial charge in [0.25, 0.3) is 0 Å². The summed E-state index contributed by atoms with van der Waals surface area (Å²) in [6, 6.07) is 1.85. The molecular formula is C10H16N4. The summed E-state index contributed by atoms with van der Waals surface area (Å²) in [7, 11) is 0. The number of nitrogens with two attached hydrogens (primary N) is 2. The maximum absolute atomic E-state index is 5.71. The molecule has 0 radical (unpaired) electrons. The third-order valence-corrected chi connectivity index (χ3v) is 2.40. The Morgan fingerprint density at radius 3 is 2.79 bits per heavy atom. The maximum Gasteiger partial charge on any atom is 0.134 e. The second-order valence-corrected chi connectivity index (χ2v) is 3.81. The summed E-state index contributed by atoms with van der Waals surface area (Å²) >= 11 is 0. The maximum atomic E-state index is 5.71. The van der Waals surface area contributed by atoms with Gasteiger partial charge in [0.2, 0.25) is 0 Å². The number of aromatic nitrogens is 2. The second-order valence-electron chi connectivity index (χ2n) is 3.81. The number of anilines is 1. The van der Waals surface area contributed by atoms with E-state index in [-0.39, 0.29) is 0 Å². The molecule has 0 amide bonds. The van der Waals surface area contributed by atoms with Crippen molar-refractivity contribution in [3.8, 4) is 0 Å². The van der Waals surface area contributed by atoms with Crippen LogP contribution in [0.3, 0.4) is 0 Å². The lowest BCUT2D eigenvalue weighted by molar-refractivity contribution is 0.788. The Bertz CT molecular complexity index is 320. The third kappa shape index (κ3) is 2.20. The van der Waals surface area contributed by atoms with Gasteiger partial charge in [-0.1, -0.05) is 0 Å². The number of nitrogen functional groups attached to an aromatic ring is 1. The van der Waals surface area contributed by atoms with Crippen LogP contribution in [0.25, 0.3) is 0 Å². The van der Waals surface area contributed by atoms with Crippen molar-refractivity contribution in [3.05, 3.63) is 17.6 Å². The summed E-state index contributed by atoms with van der Waals surface area (Å²) in [5.41, 5.74) is 12.2. The van der Waals surface area contributed by atoms with Crippen LogP contribution >= 0.6 is 0 Å². The molecule has 4 heteroatoms. The lowest BCUT2D eigenvalue weighted by Gasteiger charge is -2.03. The van der Waals surface area contributed by atoms with Gasteiger partial charge in [-0.2, -0.15) is 0 Å². The summed E-state index contributed by atoms with van der Waals surface area (Å²) in [6.07, 6.45) is 4.28. The summed E-state index contributed by atoms with van der Waals surface area (Å²) in [5.74, 6) is 2.08. The van der Waals surface area contributed by atoms with Crippen molar-refractivity contribution in [3.63, 3.8) is 0 Å². The molecule has 0 aromatic carbocycles. The third-order valence-electron chi connectivity index (χ3n) is 2.40. The molecule has 0 unspecified atom stereocenters. The Morgan fingerprint density at radius 1 is 1.36 bits per heavy atom. The van der Waals surface area contributed by atoms with Gasteiger partial charge in [-0.15, -0.1) is 0 Å². The fourth-order valence-electron chi connectivity index (χ4n) is 1.48. The minimum absolute atomic E-state index is 0.565. The van der Waals surface area contributed by atoms with Crippen LogP contribution in [0.5, 0.6) is 0 Å². The van der Waals surface area contributed by atoms with Crippen molar-refractivity contribution in [2.45, 2.75) is 31.6 Å². The highest BCUT2D eigenvalue weighted by Crippen LogP contribution is 2.38. The Morgan fingerprint density at radius 2 is 2.14 bits per heavy atom. The van der Waals surface area contributed by atoms with Gasteiger partial charge in [0, 0.05) is 17.7 Å². The van der Waals surface area contributed by atoms with Gasteiger partial charge in [-0.3, -0.25) is 0 Å². The molecule has 1 aliphatic rings. The SMILES string of the molecule is NCCCc1cc(N)nc(C2CC2)n1. The van der Waals surface area contributed by atoms with Crippen LogP contribution in [0.4, 0.5) is 5.82 Å². The summed E-state index contributed by atoms with van der Waals surface area (Å²) < 4.78 is 0. The Labute approximate surface area is 83.7 Å². The normalized spacial score (nSPS) is 15.8. The minimum Gasteiger partial charge on any atom is -0.384 e. The molecule has 1 saturated carbocycles. The van der Waals surface area contributed by atoms with E-state index < -0.39 is 0 Å². The van der Waals surface area contributed by atoms with Crippen molar-refractivity contribution in [2.75, 3.05) is 12.3 Å². The highest BCUT2D eigenvalue weighted by atomic mass is 15.0. The van der Waals surface area contributed by atoms with Crippen LogP contribution < -0.4 is 11.5 Å². The zero-order chi connectivity index (χ0) is 9.97. The second kappa shape index (κ2) is 3.92. The first kappa shape index (κ1) is 9.40. The van der Waals surface area contributed by atoms with Crippen molar-refractivity contribution in [2.24, 2.45) is 5.73 Å². The van der Waals surface area contributed by atoms with Crippen molar-refractivity contribution >= 4 is 5.82 Å². The molecule has 14 heavy (non-hydrogen) atoms. The Balaban J connectivity index is 2.13. The molecule has 1 aromatic heterocycles. The zero-order valence-corrected chi connectivity index (χ0v) is 8.24. The number of aryl methyl sites for hydroxylation is 1. The van der Waals surface area contributed by atoms with E-state index in [2.05, 4.69) is 9.97 Å². The lowest BCUT2D eigenvalue weighted by Crippen LogP contribution is -2.05. The fraction of sp³-hybridized carbons (Fsp3) is 0.600. The molecule has 76 valence electrons. The van der Waals surface area contributed by atoms with Crippen LogP contribution in [-0.2, 0) is 6.42 Å². The molecular weight excluding hydrogens is 176 g/mol. The number of hydrogen-bond donors (Lipinski definition) is 2. The Hall–Kier alpha value is -1.16. The number of hydrogen-bond acceptors (Lipinski definition) is 4. The predicted octanol–water partition coefficient (Wildman–Crippen LogP) is 0.827. The molecule has 1 aliphatic carbocycles. The predicted molar refractivity (Wildman–Crippen MR) is 55.8 cm³/mol. The number of rotatable bonds is 4. The molecule has 1 heterocycles. The van der Waals surface area contributed by atoms with E-state index in [0.717, 1.165) is 24.4 Å². The summed E-state index contributed by atoms with van der Waals surface area (Å²) in [4.78, 5) is 8.73. The molecule has 0 spiro atoms. The molecule has 0 aliphatic heterocycles. The van der Waals surface area contributed by atoms with Crippen LogP contribution in [0.1, 0.15) is 36.7 Å². The smallest absolute Gasteiger partial charge is 0.134 e. The molecule has 0 saturated heterocycles. The van der Waals surface area contributed by atoms with Crippen LogP contribution in [0, 0.1) is 0 Å². The monoisotopic (exact) mass is 192 g/mol. The van der Waals surface area contributed by atoms with Crippen molar-refractivity contribution in [1.29, 1.82) is 0 Å². The molecule has 4 N–H and O–H groups in total.